The lowest BCUT2D eigenvalue weighted by atomic mass is 10.1. The standard InChI is InChI=1S/C19H10BrFN2O3S2/c1-9(24)22-13-7-6-10(20)8-11(13)15(17(22)25)16-18(26)23(19(27)28-16)14-5-3-2-4-12(14)21/h2-8H,1H3/b16-15-. The molecule has 0 saturated carbocycles. The SMILES string of the molecule is CC(=O)N1C(=O)/C(=C2\SC(=S)N(c3ccccc3F)C2=O)c2cc(Br)ccc21. The van der Waals surface area contributed by atoms with Crippen LogP contribution in [0.25, 0.3) is 5.57 Å². The third kappa shape index (κ3) is 2.81. The monoisotopic (exact) mass is 476 g/mol. The van der Waals surface area contributed by atoms with Crippen LogP contribution in [0.3, 0.4) is 0 Å². The van der Waals surface area contributed by atoms with Crippen molar-refractivity contribution in [2.75, 3.05) is 9.80 Å². The molecule has 2 aliphatic heterocycles. The number of carbonyl (C=O) groups excluding carboxylic acids is 3. The number of rotatable bonds is 1. The van der Waals surface area contributed by atoms with Crippen molar-refractivity contribution in [3.8, 4) is 0 Å². The number of hydrogen-bond acceptors (Lipinski definition) is 5. The van der Waals surface area contributed by atoms with Crippen molar-refractivity contribution in [1.29, 1.82) is 0 Å². The summed E-state index contributed by atoms with van der Waals surface area (Å²) in [5, 5.41) is 0. The second-order valence-electron chi connectivity index (χ2n) is 5.99. The maximum Gasteiger partial charge on any atom is 0.271 e. The molecule has 0 bridgehead atoms. The average Bonchev–Trinajstić information content (AvgIpc) is 3.08. The van der Waals surface area contributed by atoms with E-state index in [1.807, 2.05) is 0 Å². The second-order valence-corrected chi connectivity index (χ2v) is 8.54. The molecule has 9 heteroatoms. The predicted molar refractivity (Wildman–Crippen MR) is 113 cm³/mol. The van der Waals surface area contributed by atoms with E-state index in [0.29, 0.717) is 15.7 Å². The molecular weight excluding hydrogens is 467 g/mol. The van der Waals surface area contributed by atoms with Crippen molar-refractivity contribution in [2.24, 2.45) is 0 Å². The summed E-state index contributed by atoms with van der Waals surface area (Å²) in [7, 11) is 0. The van der Waals surface area contributed by atoms with Crippen molar-refractivity contribution in [1.82, 2.24) is 0 Å². The maximum atomic E-state index is 14.2. The molecule has 0 spiro atoms. The summed E-state index contributed by atoms with van der Waals surface area (Å²) >= 11 is 9.55. The van der Waals surface area contributed by atoms with Gasteiger partial charge < -0.3 is 0 Å². The molecule has 3 amide bonds. The number of amides is 3. The smallest absolute Gasteiger partial charge is 0.271 e. The highest BCUT2D eigenvalue weighted by Gasteiger charge is 2.44. The molecule has 2 aliphatic rings. The lowest BCUT2D eigenvalue weighted by Gasteiger charge is -2.15. The Labute approximate surface area is 177 Å². The minimum atomic E-state index is -0.602. The van der Waals surface area contributed by atoms with Crippen LogP contribution in [0.15, 0.2) is 51.8 Å². The van der Waals surface area contributed by atoms with Crippen molar-refractivity contribution in [3.63, 3.8) is 0 Å². The molecule has 0 atom stereocenters. The predicted octanol–water partition coefficient (Wildman–Crippen LogP) is 4.26. The zero-order chi connectivity index (χ0) is 20.2. The maximum absolute atomic E-state index is 14.2. The van der Waals surface area contributed by atoms with Crippen LogP contribution in [0.2, 0.25) is 0 Å². The largest absolute Gasteiger partial charge is 0.274 e. The first-order valence-corrected chi connectivity index (χ1v) is 10.0. The number of hydrogen-bond donors (Lipinski definition) is 0. The molecule has 0 aliphatic carbocycles. The van der Waals surface area contributed by atoms with Gasteiger partial charge in [-0.3, -0.25) is 19.3 Å². The molecule has 4 rings (SSSR count). The molecule has 0 radical (unpaired) electrons. The van der Waals surface area contributed by atoms with Gasteiger partial charge in [0.2, 0.25) is 5.91 Å². The van der Waals surface area contributed by atoms with Crippen molar-refractivity contribution >= 4 is 78.9 Å². The van der Waals surface area contributed by atoms with Crippen LogP contribution in [-0.2, 0) is 14.4 Å². The number of imide groups is 1. The van der Waals surface area contributed by atoms with E-state index in [-0.39, 0.29) is 20.5 Å². The van der Waals surface area contributed by atoms with E-state index < -0.39 is 23.5 Å². The van der Waals surface area contributed by atoms with Gasteiger partial charge in [0.15, 0.2) is 4.32 Å². The Kier molecular flexibility index (Phi) is 4.68. The molecule has 2 aromatic rings. The lowest BCUT2D eigenvalue weighted by Crippen LogP contribution is -2.32. The first-order chi connectivity index (χ1) is 13.3. The molecule has 1 saturated heterocycles. The van der Waals surface area contributed by atoms with Gasteiger partial charge in [0.25, 0.3) is 11.8 Å². The molecule has 0 N–H and O–H groups in total. The van der Waals surface area contributed by atoms with Gasteiger partial charge in [-0.05, 0) is 30.3 Å². The van der Waals surface area contributed by atoms with Gasteiger partial charge in [-0.15, -0.1) is 0 Å². The van der Waals surface area contributed by atoms with Gasteiger partial charge in [-0.25, -0.2) is 9.29 Å². The highest BCUT2D eigenvalue weighted by Crippen LogP contribution is 2.46. The summed E-state index contributed by atoms with van der Waals surface area (Å²) < 4.78 is 15.0. The van der Waals surface area contributed by atoms with E-state index in [1.54, 1.807) is 24.3 Å². The van der Waals surface area contributed by atoms with Gasteiger partial charge in [0, 0.05) is 17.0 Å². The Hall–Kier alpha value is -2.36. The summed E-state index contributed by atoms with van der Waals surface area (Å²) in [4.78, 5) is 40.3. The molecule has 140 valence electrons. The normalized spacial score (nSPS) is 18.9. The minimum Gasteiger partial charge on any atom is -0.274 e. The molecule has 1 fully saturated rings. The Morgan fingerprint density at radius 2 is 1.82 bits per heavy atom. The van der Waals surface area contributed by atoms with Crippen LogP contribution in [-0.4, -0.2) is 22.0 Å². The first kappa shape index (κ1) is 19.0. The Balaban J connectivity index is 1.91. The summed E-state index contributed by atoms with van der Waals surface area (Å²) in [5.41, 5.74) is 0.946. The molecule has 0 unspecified atom stereocenters. The molecule has 2 aromatic carbocycles. The lowest BCUT2D eigenvalue weighted by molar-refractivity contribution is -0.122. The van der Waals surface area contributed by atoms with Gasteiger partial charge in [0.05, 0.1) is 21.9 Å². The van der Waals surface area contributed by atoms with Crippen LogP contribution >= 0.6 is 39.9 Å². The average molecular weight is 477 g/mol. The van der Waals surface area contributed by atoms with Crippen LogP contribution < -0.4 is 9.80 Å². The number of carbonyl (C=O) groups is 3. The number of halogens is 2. The summed E-state index contributed by atoms with van der Waals surface area (Å²) in [6.45, 7) is 1.28. The van der Waals surface area contributed by atoms with Crippen LogP contribution in [0.1, 0.15) is 12.5 Å². The molecule has 2 heterocycles. The van der Waals surface area contributed by atoms with E-state index in [1.165, 1.54) is 25.1 Å². The third-order valence-corrected chi connectivity index (χ3v) is 6.16. The van der Waals surface area contributed by atoms with Gasteiger partial charge in [-0.1, -0.05) is 52.0 Å². The number of thiocarbonyl (C=S) groups is 1. The molecule has 28 heavy (non-hydrogen) atoms. The highest BCUT2D eigenvalue weighted by atomic mass is 79.9. The summed E-state index contributed by atoms with van der Waals surface area (Å²) in [6.07, 6.45) is 0. The number of anilines is 2. The third-order valence-electron chi connectivity index (χ3n) is 4.29. The molecular formula is C19H10BrFN2O3S2. The number of thioether (sulfide) groups is 1. The fourth-order valence-electron chi connectivity index (χ4n) is 3.13. The fourth-order valence-corrected chi connectivity index (χ4v) is 4.85. The Morgan fingerprint density at radius 3 is 2.50 bits per heavy atom. The van der Waals surface area contributed by atoms with Crippen molar-refractivity contribution in [3.05, 3.63) is 63.2 Å². The molecule has 5 nitrogen and oxygen atoms in total. The van der Waals surface area contributed by atoms with Crippen LogP contribution in [0.5, 0.6) is 0 Å². The van der Waals surface area contributed by atoms with Crippen molar-refractivity contribution in [2.45, 2.75) is 6.92 Å². The van der Waals surface area contributed by atoms with E-state index in [0.717, 1.165) is 21.6 Å². The summed E-state index contributed by atoms with van der Waals surface area (Å²) in [5.74, 6) is -2.26. The van der Waals surface area contributed by atoms with E-state index in [2.05, 4.69) is 15.9 Å². The number of nitrogens with zero attached hydrogens (tertiary/aromatic N) is 2. The Morgan fingerprint density at radius 1 is 1.11 bits per heavy atom. The molecule has 0 aromatic heterocycles. The van der Waals surface area contributed by atoms with E-state index in [9.17, 15) is 18.8 Å². The zero-order valence-corrected chi connectivity index (χ0v) is 17.5. The minimum absolute atomic E-state index is 0.0175. The van der Waals surface area contributed by atoms with Gasteiger partial charge in [-0.2, -0.15) is 0 Å². The van der Waals surface area contributed by atoms with Crippen LogP contribution in [0, 0.1) is 5.82 Å². The topological polar surface area (TPSA) is 57.7 Å². The van der Waals surface area contributed by atoms with Crippen LogP contribution in [0.4, 0.5) is 15.8 Å². The Bertz CT molecular complexity index is 1130. The van der Waals surface area contributed by atoms with Gasteiger partial charge in [0.1, 0.15) is 5.82 Å². The highest BCUT2D eigenvalue weighted by molar-refractivity contribution is 9.10. The fraction of sp³-hybridized carbons (Fsp3) is 0.0526. The second kappa shape index (κ2) is 6.91. The first-order valence-electron chi connectivity index (χ1n) is 8.01. The van der Waals surface area contributed by atoms with Crippen molar-refractivity contribution < 1.29 is 18.8 Å². The number of fused-ring (bicyclic) bond motifs is 1. The number of benzene rings is 2. The zero-order valence-electron chi connectivity index (χ0n) is 14.2. The van der Waals surface area contributed by atoms with E-state index >= 15 is 0 Å². The van der Waals surface area contributed by atoms with Gasteiger partial charge >= 0.3 is 0 Å². The van der Waals surface area contributed by atoms with E-state index in [4.69, 9.17) is 12.2 Å². The number of para-hydroxylation sites is 1. The quantitative estimate of drug-likeness (QED) is 0.454. The summed E-state index contributed by atoms with van der Waals surface area (Å²) in [6, 6.07) is 10.8.